The molecule has 0 aliphatic carbocycles. The van der Waals surface area contributed by atoms with Crippen LogP contribution < -0.4 is 0 Å². The Balaban J connectivity index is 1.72. The fraction of sp³-hybridized carbons (Fsp3) is 0.636. The van der Waals surface area contributed by atoms with Gasteiger partial charge in [0.05, 0.1) is 18.1 Å². The summed E-state index contributed by atoms with van der Waals surface area (Å²) in [5.41, 5.74) is 9.27. The zero-order valence-corrected chi connectivity index (χ0v) is 18.6. The Morgan fingerprint density at radius 3 is 2.72 bits per heavy atom. The molecule has 0 amide bonds. The highest BCUT2D eigenvalue weighted by atomic mass is 16.7. The Bertz CT molecular complexity index is 785. The second-order valence-electron chi connectivity index (χ2n) is 7.93. The topological polar surface area (TPSA) is 140 Å². The van der Waals surface area contributed by atoms with Gasteiger partial charge in [-0.15, -0.1) is 0 Å². The number of rotatable bonds is 11. The first kappa shape index (κ1) is 25.6. The summed E-state index contributed by atoms with van der Waals surface area (Å²) in [5.74, 6) is -1.44. The second-order valence-corrected chi connectivity index (χ2v) is 7.93. The molecule has 1 aliphatic heterocycles. The van der Waals surface area contributed by atoms with Crippen molar-refractivity contribution in [1.29, 1.82) is 0 Å². The van der Waals surface area contributed by atoms with E-state index in [4.69, 9.17) is 24.5 Å². The first-order valence-corrected chi connectivity index (χ1v) is 10.7. The first-order chi connectivity index (χ1) is 15.3. The predicted octanol–water partition coefficient (Wildman–Crippen LogP) is 3.27. The molecular weight excluding hydrogens is 418 g/mol. The fourth-order valence-corrected chi connectivity index (χ4v) is 3.12. The number of benzene rings is 1. The highest BCUT2D eigenvalue weighted by Gasteiger charge is 2.39. The summed E-state index contributed by atoms with van der Waals surface area (Å²) in [6.07, 6.45) is -2.65. The van der Waals surface area contributed by atoms with Gasteiger partial charge in [0.1, 0.15) is 18.8 Å². The van der Waals surface area contributed by atoms with E-state index in [2.05, 4.69) is 10.0 Å². The Hall–Kier alpha value is -2.65. The van der Waals surface area contributed by atoms with Crippen molar-refractivity contribution in [3.63, 3.8) is 0 Å². The van der Waals surface area contributed by atoms with Gasteiger partial charge in [-0.2, -0.15) is 0 Å². The van der Waals surface area contributed by atoms with E-state index < -0.39 is 36.5 Å². The number of aliphatic hydroxyl groups excluding tert-OH is 1. The molecule has 0 spiro atoms. The summed E-state index contributed by atoms with van der Waals surface area (Å²) in [4.78, 5) is 26.7. The smallest absolute Gasteiger partial charge is 0.309 e. The van der Waals surface area contributed by atoms with Gasteiger partial charge in [-0.05, 0) is 31.4 Å². The number of carbonyl (C=O) groups is 2. The molecule has 1 N–H and O–H groups in total. The third kappa shape index (κ3) is 8.47. The Morgan fingerprint density at radius 1 is 1.31 bits per heavy atom. The van der Waals surface area contributed by atoms with Crippen molar-refractivity contribution < 1.29 is 33.6 Å². The lowest BCUT2D eigenvalue weighted by atomic mass is 10.0. The van der Waals surface area contributed by atoms with E-state index in [1.807, 2.05) is 30.3 Å². The molecular formula is C22H31N3O7. The fourth-order valence-electron chi connectivity index (χ4n) is 3.12. The normalized spacial score (nSPS) is 24.6. The van der Waals surface area contributed by atoms with E-state index >= 15 is 0 Å². The Labute approximate surface area is 187 Å². The summed E-state index contributed by atoms with van der Waals surface area (Å²) >= 11 is 0. The van der Waals surface area contributed by atoms with Crippen LogP contribution in [0.4, 0.5) is 0 Å². The summed E-state index contributed by atoms with van der Waals surface area (Å²) in [7, 11) is 0. The third-order valence-electron chi connectivity index (χ3n) is 5.11. The molecule has 0 saturated carbocycles. The van der Waals surface area contributed by atoms with Gasteiger partial charge >= 0.3 is 11.9 Å². The van der Waals surface area contributed by atoms with Crippen LogP contribution in [0.15, 0.2) is 35.4 Å². The quantitative estimate of drug-likeness (QED) is 0.237. The molecule has 32 heavy (non-hydrogen) atoms. The number of hydrogen-bond acceptors (Lipinski definition) is 8. The van der Waals surface area contributed by atoms with E-state index in [0.29, 0.717) is 6.42 Å². The van der Waals surface area contributed by atoms with Crippen LogP contribution in [0.1, 0.15) is 45.6 Å². The van der Waals surface area contributed by atoms with Crippen LogP contribution in [-0.4, -0.2) is 54.3 Å². The van der Waals surface area contributed by atoms with Gasteiger partial charge in [0.15, 0.2) is 6.29 Å². The summed E-state index contributed by atoms with van der Waals surface area (Å²) in [6.45, 7) is 5.33. The van der Waals surface area contributed by atoms with Gasteiger partial charge < -0.3 is 24.1 Å². The molecule has 0 radical (unpaired) electrons. The third-order valence-corrected chi connectivity index (χ3v) is 5.11. The predicted molar refractivity (Wildman–Crippen MR) is 114 cm³/mol. The minimum absolute atomic E-state index is 0.00310. The van der Waals surface area contributed by atoms with E-state index in [0.717, 1.165) is 5.56 Å². The zero-order valence-electron chi connectivity index (χ0n) is 18.6. The van der Waals surface area contributed by atoms with Crippen LogP contribution in [0.5, 0.6) is 0 Å². The molecule has 2 rings (SSSR count). The SMILES string of the molecule is C[C@H](CCC(=O)OCc1ccccc1)O[C@@H]1O[C@@H](C)[C@H](OC(=O)[C@H](C)CN=[N+]=[N-])C[C@H]1O. The number of azide groups is 1. The monoisotopic (exact) mass is 449 g/mol. The van der Waals surface area contributed by atoms with Gasteiger partial charge in [-0.1, -0.05) is 42.4 Å². The van der Waals surface area contributed by atoms with Crippen molar-refractivity contribution >= 4 is 11.9 Å². The zero-order chi connectivity index (χ0) is 23.5. The maximum atomic E-state index is 12.1. The average Bonchev–Trinajstić information content (AvgIpc) is 2.78. The van der Waals surface area contributed by atoms with Crippen molar-refractivity contribution in [1.82, 2.24) is 0 Å². The molecule has 6 atom stereocenters. The van der Waals surface area contributed by atoms with Crippen molar-refractivity contribution in [2.24, 2.45) is 11.0 Å². The number of nitrogens with zero attached hydrogens (tertiary/aromatic N) is 3. The molecule has 0 aromatic heterocycles. The maximum absolute atomic E-state index is 12.1. The van der Waals surface area contributed by atoms with Crippen LogP contribution in [0.3, 0.4) is 0 Å². The molecule has 1 saturated heterocycles. The number of carbonyl (C=O) groups excluding carboxylic acids is 2. The number of aliphatic hydroxyl groups is 1. The van der Waals surface area contributed by atoms with Gasteiger partial charge in [0.2, 0.25) is 0 Å². The van der Waals surface area contributed by atoms with Gasteiger partial charge in [-0.3, -0.25) is 9.59 Å². The number of hydrogen-bond donors (Lipinski definition) is 1. The molecule has 10 heteroatoms. The van der Waals surface area contributed by atoms with E-state index in [1.54, 1.807) is 20.8 Å². The molecule has 1 aromatic carbocycles. The standard InChI is InChI=1S/C22H31N3O7/c1-14(12-24-25-23)21(28)32-19-11-18(26)22(31-16(19)3)30-15(2)9-10-20(27)29-13-17-7-5-4-6-8-17/h4-8,14-16,18-19,22,26H,9-13H2,1-3H3/t14-,15-,16+,18-,19-,22-/m1/s1. The molecule has 1 aliphatic rings. The summed E-state index contributed by atoms with van der Waals surface area (Å²) in [5, 5.41) is 13.8. The van der Waals surface area contributed by atoms with Gasteiger partial charge in [0.25, 0.3) is 0 Å². The van der Waals surface area contributed by atoms with Crippen LogP contribution in [0, 0.1) is 5.92 Å². The first-order valence-electron chi connectivity index (χ1n) is 10.7. The maximum Gasteiger partial charge on any atom is 0.309 e. The Kier molecular flexibility index (Phi) is 10.4. The van der Waals surface area contributed by atoms with Crippen molar-refractivity contribution in [3.8, 4) is 0 Å². The largest absolute Gasteiger partial charge is 0.461 e. The molecule has 0 unspecified atom stereocenters. The number of esters is 2. The highest BCUT2D eigenvalue weighted by molar-refractivity contribution is 5.72. The second kappa shape index (κ2) is 13.0. The van der Waals surface area contributed by atoms with Crippen LogP contribution in [0.25, 0.3) is 10.4 Å². The highest BCUT2D eigenvalue weighted by Crippen LogP contribution is 2.26. The lowest BCUT2D eigenvalue weighted by Crippen LogP contribution is -2.50. The van der Waals surface area contributed by atoms with Crippen LogP contribution >= 0.6 is 0 Å². The Morgan fingerprint density at radius 2 is 2.03 bits per heavy atom. The lowest BCUT2D eigenvalue weighted by Gasteiger charge is -2.38. The van der Waals surface area contributed by atoms with Crippen LogP contribution in [0.2, 0.25) is 0 Å². The molecule has 1 heterocycles. The summed E-state index contributed by atoms with van der Waals surface area (Å²) in [6, 6.07) is 9.42. The number of ether oxygens (including phenoxy) is 4. The van der Waals surface area contributed by atoms with Crippen molar-refractivity contribution in [2.45, 2.75) is 77.3 Å². The average molecular weight is 450 g/mol. The molecule has 0 bridgehead atoms. The molecule has 176 valence electrons. The molecule has 1 fully saturated rings. The van der Waals surface area contributed by atoms with E-state index in [-0.39, 0.29) is 38.1 Å². The minimum atomic E-state index is -0.996. The van der Waals surface area contributed by atoms with Crippen LogP contribution in [-0.2, 0) is 35.1 Å². The summed E-state index contributed by atoms with van der Waals surface area (Å²) < 4.78 is 22.1. The van der Waals surface area contributed by atoms with Crippen molar-refractivity contribution in [2.75, 3.05) is 6.54 Å². The molecule has 10 nitrogen and oxygen atoms in total. The molecule has 1 aromatic rings. The van der Waals surface area contributed by atoms with E-state index in [1.165, 1.54) is 0 Å². The minimum Gasteiger partial charge on any atom is -0.461 e. The van der Waals surface area contributed by atoms with E-state index in [9.17, 15) is 14.7 Å². The van der Waals surface area contributed by atoms with Crippen molar-refractivity contribution in [3.05, 3.63) is 46.3 Å². The lowest BCUT2D eigenvalue weighted by molar-refractivity contribution is -0.276. The van der Waals surface area contributed by atoms with Gasteiger partial charge in [-0.25, -0.2) is 0 Å². The van der Waals surface area contributed by atoms with Gasteiger partial charge in [0, 0.05) is 24.3 Å².